The number of benzene rings is 2. The number of phenolic OH excluding ortho intramolecular Hbond substituents is 1. The van der Waals surface area contributed by atoms with Crippen molar-refractivity contribution >= 4 is 11.6 Å². The molecule has 0 aliphatic rings. The Kier molecular flexibility index (Phi) is 4.33. The average molecular weight is 286 g/mol. The fraction of sp³-hybridized carbons (Fsp3) is 0.188. The molecule has 110 valence electrons. The molecule has 0 aromatic heterocycles. The second-order valence-electron chi connectivity index (χ2n) is 4.76. The Morgan fingerprint density at radius 3 is 2.71 bits per heavy atom. The molecular weight excluding hydrogens is 268 g/mol. The number of carbonyl (C=O) groups excluding carboxylic acids is 1. The lowest BCUT2D eigenvalue weighted by Gasteiger charge is -2.11. The minimum Gasteiger partial charge on any atom is -0.508 e. The summed E-state index contributed by atoms with van der Waals surface area (Å²) in [7, 11) is 1.57. The number of hydrogen-bond donors (Lipinski definition) is 3. The van der Waals surface area contributed by atoms with Gasteiger partial charge in [-0.1, -0.05) is 0 Å². The molecular formula is C16H18N2O3. The Morgan fingerprint density at radius 2 is 2.05 bits per heavy atom. The summed E-state index contributed by atoms with van der Waals surface area (Å²) >= 11 is 0. The summed E-state index contributed by atoms with van der Waals surface area (Å²) in [5.74, 6) is 0.623. The largest absolute Gasteiger partial charge is 0.508 e. The molecule has 5 heteroatoms. The first-order valence-electron chi connectivity index (χ1n) is 6.51. The van der Waals surface area contributed by atoms with E-state index in [1.807, 2.05) is 0 Å². The topological polar surface area (TPSA) is 84.6 Å². The Morgan fingerprint density at radius 1 is 1.29 bits per heavy atom. The molecule has 2 aromatic rings. The van der Waals surface area contributed by atoms with Gasteiger partial charge in [0.25, 0.3) is 5.91 Å². The molecule has 0 bridgehead atoms. The first-order valence-corrected chi connectivity index (χ1v) is 6.51. The van der Waals surface area contributed by atoms with Crippen LogP contribution in [-0.4, -0.2) is 18.1 Å². The fourth-order valence-corrected chi connectivity index (χ4v) is 2.01. The van der Waals surface area contributed by atoms with E-state index in [4.69, 9.17) is 10.5 Å². The molecule has 0 aliphatic heterocycles. The standard InChI is InChI=1S/C16H18N2O3/c1-10-7-11(3-5-14(10)19)16(20)18-9-12-8-13(17)4-6-15(12)21-2/h3-8,19H,9,17H2,1-2H3,(H,18,20). The monoisotopic (exact) mass is 286 g/mol. The lowest BCUT2D eigenvalue weighted by atomic mass is 10.1. The lowest BCUT2D eigenvalue weighted by Crippen LogP contribution is -2.23. The zero-order valence-electron chi connectivity index (χ0n) is 12.0. The van der Waals surface area contributed by atoms with Crippen molar-refractivity contribution in [3.05, 3.63) is 53.1 Å². The molecule has 0 radical (unpaired) electrons. The molecule has 1 amide bonds. The summed E-state index contributed by atoms with van der Waals surface area (Å²) in [5.41, 5.74) is 8.31. The predicted molar refractivity (Wildman–Crippen MR) is 81.4 cm³/mol. The highest BCUT2D eigenvalue weighted by molar-refractivity contribution is 5.94. The van der Waals surface area contributed by atoms with Crippen LogP contribution in [0.3, 0.4) is 0 Å². The van der Waals surface area contributed by atoms with Crippen LogP contribution in [0.25, 0.3) is 0 Å². The van der Waals surface area contributed by atoms with Crippen molar-refractivity contribution in [2.24, 2.45) is 0 Å². The van der Waals surface area contributed by atoms with Crippen LogP contribution in [0, 0.1) is 6.92 Å². The summed E-state index contributed by atoms with van der Waals surface area (Å²) in [5, 5.41) is 12.3. The Hall–Kier alpha value is -2.69. The van der Waals surface area contributed by atoms with Crippen molar-refractivity contribution in [1.82, 2.24) is 5.32 Å². The van der Waals surface area contributed by atoms with E-state index in [1.165, 1.54) is 6.07 Å². The highest BCUT2D eigenvalue weighted by atomic mass is 16.5. The van der Waals surface area contributed by atoms with Crippen LogP contribution in [-0.2, 0) is 6.54 Å². The summed E-state index contributed by atoms with van der Waals surface area (Å²) in [6, 6.07) is 10.00. The summed E-state index contributed by atoms with van der Waals surface area (Å²) in [6.45, 7) is 2.06. The summed E-state index contributed by atoms with van der Waals surface area (Å²) in [4.78, 5) is 12.1. The maximum absolute atomic E-state index is 12.1. The van der Waals surface area contributed by atoms with Crippen LogP contribution in [0.4, 0.5) is 5.69 Å². The minimum absolute atomic E-state index is 0.170. The normalized spacial score (nSPS) is 10.2. The van der Waals surface area contributed by atoms with E-state index >= 15 is 0 Å². The van der Waals surface area contributed by atoms with E-state index in [2.05, 4.69) is 5.32 Å². The number of ether oxygens (including phenoxy) is 1. The molecule has 0 fully saturated rings. The SMILES string of the molecule is COc1ccc(N)cc1CNC(=O)c1ccc(O)c(C)c1. The number of amides is 1. The van der Waals surface area contributed by atoms with Crippen molar-refractivity contribution in [2.45, 2.75) is 13.5 Å². The fourth-order valence-electron chi connectivity index (χ4n) is 2.01. The van der Waals surface area contributed by atoms with Gasteiger partial charge in [-0.3, -0.25) is 4.79 Å². The second kappa shape index (κ2) is 6.17. The van der Waals surface area contributed by atoms with Crippen LogP contribution < -0.4 is 15.8 Å². The van der Waals surface area contributed by atoms with Crippen molar-refractivity contribution < 1.29 is 14.6 Å². The van der Waals surface area contributed by atoms with Gasteiger partial charge in [-0.25, -0.2) is 0 Å². The number of hydrogen-bond acceptors (Lipinski definition) is 4. The predicted octanol–water partition coefficient (Wildman–Crippen LogP) is 2.22. The molecule has 4 N–H and O–H groups in total. The lowest BCUT2D eigenvalue weighted by molar-refractivity contribution is 0.0950. The number of rotatable bonds is 4. The molecule has 0 spiro atoms. The second-order valence-corrected chi connectivity index (χ2v) is 4.76. The molecule has 21 heavy (non-hydrogen) atoms. The van der Waals surface area contributed by atoms with Crippen molar-refractivity contribution in [1.29, 1.82) is 0 Å². The van der Waals surface area contributed by atoms with Crippen LogP contribution >= 0.6 is 0 Å². The number of methoxy groups -OCH3 is 1. The van der Waals surface area contributed by atoms with Crippen molar-refractivity contribution in [3.8, 4) is 11.5 Å². The number of aromatic hydroxyl groups is 1. The molecule has 2 rings (SSSR count). The van der Waals surface area contributed by atoms with Gasteiger partial charge in [0.1, 0.15) is 11.5 Å². The molecule has 0 aliphatic carbocycles. The van der Waals surface area contributed by atoms with Crippen LogP contribution in [0.5, 0.6) is 11.5 Å². The zero-order chi connectivity index (χ0) is 15.4. The van der Waals surface area contributed by atoms with Gasteiger partial charge in [0.2, 0.25) is 0 Å². The van der Waals surface area contributed by atoms with E-state index in [0.717, 1.165) is 5.56 Å². The van der Waals surface area contributed by atoms with Gasteiger partial charge in [0, 0.05) is 23.4 Å². The maximum atomic E-state index is 12.1. The first kappa shape index (κ1) is 14.7. The molecule has 0 heterocycles. The van der Waals surface area contributed by atoms with E-state index in [1.54, 1.807) is 44.4 Å². The van der Waals surface area contributed by atoms with Crippen LogP contribution in [0.15, 0.2) is 36.4 Å². The molecule has 0 unspecified atom stereocenters. The van der Waals surface area contributed by atoms with Crippen LogP contribution in [0.2, 0.25) is 0 Å². The third kappa shape index (κ3) is 3.45. The number of nitrogens with two attached hydrogens (primary N) is 1. The van der Waals surface area contributed by atoms with Crippen molar-refractivity contribution in [2.75, 3.05) is 12.8 Å². The maximum Gasteiger partial charge on any atom is 0.251 e. The van der Waals surface area contributed by atoms with Gasteiger partial charge < -0.3 is 20.9 Å². The number of nitrogen functional groups attached to an aromatic ring is 1. The number of phenols is 1. The summed E-state index contributed by atoms with van der Waals surface area (Å²) in [6.07, 6.45) is 0. The zero-order valence-corrected chi connectivity index (χ0v) is 12.0. The molecule has 0 atom stereocenters. The average Bonchev–Trinajstić information content (AvgIpc) is 2.47. The van der Waals surface area contributed by atoms with E-state index in [0.29, 0.717) is 29.1 Å². The van der Waals surface area contributed by atoms with Crippen LogP contribution in [0.1, 0.15) is 21.5 Å². The third-order valence-electron chi connectivity index (χ3n) is 3.20. The first-order chi connectivity index (χ1) is 10.0. The van der Waals surface area contributed by atoms with Gasteiger partial charge in [-0.05, 0) is 48.9 Å². The number of aryl methyl sites for hydroxylation is 1. The Bertz CT molecular complexity index is 669. The van der Waals surface area contributed by atoms with E-state index in [9.17, 15) is 9.90 Å². The number of carbonyl (C=O) groups is 1. The van der Waals surface area contributed by atoms with E-state index < -0.39 is 0 Å². The highest BCUT2D eigenvalue weighted by Crippen LogP contribution is 2.21. The highest BCUT2D eigenvalue weighted by Gasteiger charge is 2.09. The quantitative estimate of drug-likeness (QED) is 0.752. The number of nitrogens with one attached hydrogen (secondary N) is 1. The molecule has 2 aromatic carbocycles. The Labute approximate surface area is 123 Å². The summed E-state index contributed by atoms with van der Waals surface area (Å²) < 4.78 is 5.23. The molecule has 0 saturated carbocycles. The van der Waals surface area contributed by atoms with Crippen molar-refractivity contribution in [3.63, 3.8) is 0 Å². The van der Waals surface area contributed by atoms with Gasteiger partial charge >= 0.3 is 0 Å². The third-order valence-corrected chi connectivity index (χ3v) is 3.20. The molecule has 5 nitrogen and oxygen atoms in total. The minimum atomic E-state index is -0.220. The Balaban J connectivity index is 2.10. The van der Waals surface area contributed by atoms with E-state index in [-0.39, 0.29) is 11.7 Å². The number of anilines is 1. The smallest absolute Gasteiger partial charge is 0.251 e. The van der Waals surface area contributed by atoms with Gasteiger partial charge in [-0.2, -0.15) is 0 Å². The van der Waals surface area contributed by atoms with Gasteiger partial charge in [-0.15, -0.1) is 0 Å². The molecule has 0 saturated heterocycles. The van der Waals surface area contributed by atoms with Gasteiger partial charge in [0.15, 0.2) is 0 Å². The van der Waals surface area contributed by atoms with Gasteiger partial charge in [0.05, 0.1) is 7.11 Å².